The van der Waals surface area contributed by atoms with E-state index in [1.807, 2.05) is 60.9 Å². The van der Waals surface area contributed by atoms with Gasteiger partial charge in [-0.1, -0.05) is 51.1 Å². The Labute approximate surface area is 328 Å². The highest BCUT2D eigenvalue weighted by Crippen LogP contribution is 2.40. The molecular weight excluding hydrogens is 718 g/mol. The number of hydrogen-bond acceptors (Lipinski definition) is 10. The maximum atomic E-state index is 14.1. The zero-order valence-electron chi connectivity index (χ0n) is 32.9. The van der Waals surface area contributed by atoms with Crippen molar-refractivity contribution in [2.45, 2.75) is 64.3 Å². The molecule has 5 heterocycles. The second kappa shape index (κ2) is 16.1. The maximum Gasteiger partial charge on any atom is 0.328 e. The molecule has 2 aromatic carbocycles. The minimum absolute atomic E-state index is 0.00499. The van der Waals surface area contributed by atoms with E-state index in [1.165, 1.54) is 12.0 Å². The number of ether oxygens (including phenoxy) is 3. The third-order valence-electron chi connectivity index (χ3n) is 12.0. The van der Waals surface area contributed by atoms with Crippen LogP contribution in [0.15, 0.2) is 48.5 Å². The normalized spacial score (nSPS) is 24.6. The molecule has 3 N–H and O–H groups in total. The summed E-state index contributed by atoms with van der Waals surface area (Å²) in [6.07, 6.45) is 0.932. The van der Waals surface area contributed by atoms with Gasteiger partial charge >= 0.3 is 6.03 Å². The van der Waals surface area contributed by atoms with Crippen LogP contribution in [-0.2, 0) is 23.9 Å². The fraction of sp³-hybridized carbons (Fsp3) is 0.585. The third-order valence-corrected chi connectivity index (χ3v) is 12.0. The van der Waals surface area contributed by atoms with Gasteiger partial charge in [0.1, 0.15) is 17.9 Å². The number of imide groups is 1. The number of amides is 6. The number of nitrogens with two attached hydrogens (primary N) is 1. The van der Waals surface area contributed by atoms with Crippen LogP contribution in [0.3, 0.4) is 0 Å². The molecule has 0 aromatic heterocycles. The molecule has 302 valence electrons. The van der Waals surface area contributed by atoms with Crippen molar-refractivity contribution in [1.82, 2.24) is 24.9 Å². The monoisotopic (exact) mass is 773 g/mol. The summed E-state index contributed by atoms with van der Waals surface area (Å²) in [7, 11) is 1.50. The molecule has 7 rings (SSSR count). The van der Waals surface area contributed by atoms with E-state index in [1.54, 1.807) is 23.1 Å². The summed E-state index contributed by atoms with van der Waals surface area (Å²) in [5.41, 5.74) is 7.92. The highest BCUT2D eigenvalue weighted by Gasteiger charge is 2.49. The number of benzene rings is 2. The van der Waals surface area contributed by atoms with Crippen molar-refractivity contribution in [2.24, 2.45) is 16.6 Å². The zero-order valence-corrected chi connectivity index (χ0v) is 32.9. The molecule has 5 aliphatic heterocycles. The predicted octanol–water partition coefficient (Wildman–Crippen LogP) is 2.25. The van der Waals surface area contributed by atoms with Gasteiger partial charge in [0, 0.05) is 76.2 Å². The summed E-state index contributed by atoms with van der Waals surface area (Å²) in [4.78, 5) is 74.9. The van der Waals surface area contributed by atoms with E-state index in [2.05, 4.69) is 10.2 Å². The van der Waals surface area contributed by atoms with Gasteiger partial charge in [0.05, 0.1) is 44.7 Å². The number of likely N-dealkylation sites (tertiary alicyclic amines) is 3. The number of carbonyl (C=O) groups excluding carboxylic acids is 5. The Bertz CT molecular complexity index is 1810. The molecule has 5 saturated heterocycles. The van der Waals surface area contributed by atoms with E-state index in [9.17, 15) is 24.0 Å². The number of methoxy groups -OCH3 is 1. The zero-order chi connectivity index (χ0) is 39.8. The lowest BCUT2D eigenvalue weighted by molar-refractivity contribution is -0.150. The van der Waals surface area contributed by atoms with E-state index in [-0.39, 0.29) is 54.2 Å². The van der Waals surface area contributed by atoms with E-state index < -0.39 is 23.5 Å². The molecule has 5 fully saturated rings. The number of nitrogens with one attached hydrogen (secondary N) is 1. The predicted molar refractivity (Wildman–Crippen MR) is 207 cm³/mol. The second-order valence-corrected chi connectivity index (χ2v) is 17.0. The molecule has 5 aliphatic rings. The fourth-order valence-corrected chi connectivity index (χ4v) is 8.66. The van der Waals surface area contributed by atoms with Crippen LogP contribution in [0.1, 0.15) is 62.1 Å². The van der Waals surface area contributed by atoms with Crippen LogP contribution in [-0.4, -0.2) is 147 Å². The summed E-state index contributed by atoms with van der Waals surface area (Å²) in [6, 6.07) is 13.0. The van der Waals surface area contributed by atoms with Crippen molar-refractivity contribution < 1.29 is 38.2 Å². The van der Waals surface area contributed by atoms with Gasteiger partial charge in [0.2, 0.25) is 17.7 Å². The molecule has 15 heteroatoms. The first-order chi connectivity index (χ1) is 26.7. The summed E-state index contributed by atoms with van der Waals surface area (Å²) in [6.45, 7) is 11.7. The lowest BCUT2D eigenvalue weighted by atomic mass is 9.79. The van der Waals surface area contributed by atoms with Gasteiger partial charge in [0.25, 0.3) is 5.91 Å². The Hall–Kier alpha value is -4.57. The van der Waals surface area contributed by atoms with Crippen LogP contribution < -0.4 is 20.7 Å². The number of carbonyl (C=O) groups is 5. The molecule has 6 amide bonds. The first-order valence-electron chi connectivity index (χ1n) is 19.7. The van der Waals surface area contributed by atoms with E-state index in [0.717, 1.165) is 25.1 Å². The minimum atomic E-state index is -0.761. The van der Waals surface area contributed by atoms with Gasteiger partial charge < -0.3 is 34.6 Å². The molecule has 0 unspecified atom stereocenters. The van der Waals surface area contributed by atoms with Gasteiger partial charge in [-0.3, -0.25) is 34.3 Å². The number of anilines is 1. The number of hydrogen-bond donors (Lipinski definition) is 2. The van der Waals surface area contributed by atoms with Crippen LogP contribution in [0.5, 0.6) is 5.75 Å². The standard InChI is InChI=1S/C41H55N7O8/c1-40(2,3)35(42)38(52)48-22-29(21-31(48)37(51)45-17-19-56-33(23-45)27-8-6-5-7-9-27)55-18-16-44-24-41(25-44)13-15-46(26-41)36(50)28-10-11-32(54-4)30(20-28)47-14-12-34(49)43-39(47)53/h5-11,20,29,31,33,35H,12-19,21-26,42H2,1-4H3,(H,43,49,53)/t29-,31-,33-,35+/m0/s1. The smallest absolute Gasteiger partial charge is 0.328 e. The molecule has 0 bridgehead atoms. The third kappa shape index (κ3) is 8.27. The van der Waals surface area contributed by atoms with Gasteiger partial charge in [-0.15, -0.1) is 0 Å². The maximum absolute atomic E-state index is 14.1. The number of morpholine rings is 1. The first-order valence-corrected chi connectivity index (χ1v) is 19.7. The average Bonchev–Trinajstić information content (AvgIpc) is 3.82. The quantitative estimate of drug-likeness (QED) is 0.366. The Kier molecular flexibility index (Phi) is 11.4. The Morgan fingerprint density at radius 1 is 1.00 bits per heavy atom. The first kappa shape index (κ1) is 39.7. The number of nitrogens with zero attached hydrogens (tertiary/aromatic N) is 5. The molecular formula is C41H55N7O8. The van der Waals surface area contributed by atoms with E-state index in [4.69, 9.17) is 19.9 Å². The Morgan fingerprint density at radius 2 is 1.77 bits per heavy atom. The summed E-state index contributed by atoms with van der Waals surface area (Å²) >= 11 is 0. The van der Waals surface area contributed by atoms with Crippen molar-refractivity contribution in [2.75, 3.05) is 84.1 Å². The molecule has 1 spiro atoms. The fourth-order valence-electron chi connectivity index (χ4n) is 8.66. The molecule has 0 saturated carbocycles. The molecule has 4 atom stereocenters. The van der Waals surface area contributed by atoms with Gasteiger partial charge in [0.15, 0.2) is 0 Å². The van der Waals surface area contributed by atoms with Crippen molar-refractivity contribution in [3.8, 4) is 5.75 Å². The van der Waals surface area contributed by atoms with Gasteiger partial charge in [-0.25, -0.2) is 4.79 Å². The molecule has 15 nitrogen and oxygen atoms in total. The van der Waals surface area contributed by atoms with E-state index >= 15 is 0 Å². The summed E-state index contributed by atoms with van der Waals surface area (Å²) < 4.78 is 17.9. The van der Waals surface area contributed by atoms with Crippen LogP contribution in [0.4, 0.5) is 10.5 Å². The topological polar surface area (TPSA) is 167 Å². The van der Waals surface area contributed by atoms with Gasteiger partial charge in [-0.05, 0) is 35.6 Å². The number of rotatable bonds is 10. The second-order valence-electron chi connectivity index (χ2n) is 17.0. The summed E-state index contributed by atoms with van der Waals surface area (Å²) in [5.74, 6) is -0.327. The summed E-state index contributed by atoms with van der Waals surface area (Å²) in [5, 5.41) is 2.33. The molecule has 0 aliphatic carbocycles. The lowest BCUT2D eigenvalue weighted by Gasteiger charge is -2.48. The van der Waals surface area contributed by atoms with Crippen LogP contribution in [0.2, 0.25) is 0 Å². The van der Waals surface area contributed by atoms with Crippen molar-refractivity contribution in [3.63, 3.8) is 0 Å². The molecule has 0 radical (unpaired) electrons. The molecule has 56 heavy (non-hydrogen) atoms. The van der Waals surface area contributed by atoms with Crippen LogP contribution in [0.25, 0.3) is 0 Å². The minimum Gasteiger partial charge on any atom is -0.495 e. The van der Waals surface area contributed by atoms with Crippen LogP contribution >= 0.6 is 0 Å². The van der Waals surface area contributed by atoms with Crippen molar-refractivity contribution in [3.05, 3.63) is 59.7 Å². The largest absolute Gasteiger partial charge is 0.495 e. The van der Waals surface area contributed by atoms with Crippen LogP contribution in [0, 0.1) is 10.8 Å². The number of urea groups is 1. The lowest BCUT2D eigenvalue weighted by Crippen LogP contribution is -2.58. The van der Waals surface area contributed by atoms with Gasteiger partial charge in [-0.2, -0.15) is 0 Å². The Morgan fingerprint density at radius 3 is 2.48 bits per heavy atom. The Balaban J connectivity index is 0.921. The SMILES string of the molecule is COc1ccc(C(=O)N2CCC3(CN(CCO[C@H]4C[C@@H](C(=O)N5CCO[C@H](c6ccccc6)C5)N(C(=O)[C@@H](N)C(C)(C)C)C4)C3)C2)cc1N1CCC(=O)NC1=O. The van der Waals surface area contributed by atoms with E-state index in [0.29, 0.717) is 75.9 Å². The van der Waals surface area contributed by atoms with Crippen molar-refractivity contribution in [1.29, 1.82) is 0 Å². The highest BCUT2D eigenvalue weighted by atomic mass is 16.5. The molecule has 2 aromatic rings. The average molecular weight is 774 g/mol. The van der Waals surface area contributed by atoms with Crippen molar-refractivity contribution >= 4 is 35.3 Å². The highest BCUT2D eigenvalue weighted by molar-refractivity contribution is 6.07.